The molecule has 1 N–H and O–H groups in total. The summed E-state index contributed by atoms with van der Waals surface area (Å²) in [5.41, 5.74) is 2.12. The molecule has 17 heavy (non-hydrogen) atoms. The number of nitrogens with one attached hydrogen (secondary N) is 1. The van der Waals surface area contributed by atoms with Gasteiger partial charge in [0, 0.05) is 30.1 Å². The van der Waals surface area contributed by atoms with Crippen molar-refractivity contribution in [2.75, 3.05) is 5.32 Å². The van der Waals surface area contributed by atoms with Crippen molar-refractivity contribution in [1.82, 2.24) is 9.97 Å². The molecule has 0 radical (unpaired) electrons. The third kappa shape index (κ3) is 2.81. The first-order valence-corrected chi connectivity index (χ1v) is 6.16. The van der Waals surface area contributed by atoms with Crippen LogP contribution in [0, 0.1) is 20.8 Å². The van der Waals surface area contributed by atoms with E-state index in [2.05, 4.69) is 15.3 Å². The number of nitrogens with zero attached hydrogens (tertiary/aromatic N) is 2. The van der Waals surface area contributed by atoms with Crippen molar-refractivity contribution in [2.45, 2.75) is 52.5 Å². The summed E-state index contributed by atoms with van der Waals surface area (Å²) in [5.74, 6) is 2.10. The zero-order valence-electron chi connectivity index (χ0n) is 10.7. The van der Waals surface area contributed by atoms with E-state index in [1.807, 2.05) is 20.8 Å². The minimum absolute atomic E-state index is 0.375. The highest BCUT2D eigenvalue weighted by Crippen LogP contribution is 2.21. The topological polar surface area (TPSA) is 54.9 Å². The van der Waals surface area contributed by atoms with Crippen LogP contribution < -0.4 is 5.32 Å². The van der Waals surface area contributed by atoms with Gasteiger partial charge in [-0.05, 0) is 33.6 Å². The van der Waals surface area contributed by atoms with Crippen molar-refractivity contribution in [3.05, 3.63) is 17.1 Å². The molecule has 1 heterocycles. The fourth-order valence-corrected chi connectivity index (χ4v) is 2.19. The van der Waals surface area contributed by atoms with Crippen molar-refractivity contribution in [3.8, 4) is 0 Å². The van der Waals surface area contributed by atoms with Crippen molar-refractivity contribution in [2.24, 2.45) is 0 Å². The Morgan fingerprint density at radius 2 is 1.76 bits per heavy atom. The Labute approximate surface area is 102 Å². The Morgan fingerprint density at radius 3 is 2.41 bits per heavy atom. The highest BCUT2D eigenvalue weighted by atomic mass is 16.1. The molecule has 1 aromatic heterocycles. The number of rotatable bonds is 2. The van der Waals surface area contributed by atoms with Gasteiger partial charge in [-0.25, -0.2) is 9.97 Å². The van der Waals surface area contributed by atoms with E-state index in [0.717, 1.165) is 35.7 Å². The van der Waals surface area contributed by atoms with Gasteiger partial charge in [0.25, 0.3) is 0 Å². The molecular formula is C13H19N3O. The van der Waals surface area contributed by atoms with Crippen molar-refractivity contribution in [1.29, 1.82) is 0 Å². The van der Waals surface area contributed by atoms with Gasteiger partial charge in [0.2, 0.25) is 0 Å². The Balaban J connectivity index is 2.10. The van der Waals surface area contributed by atoms with Gasteiger partial charge in [0.15, 0.2) is 0 Å². The van der Waals surface area contributed by atoms with Crippen LogP contribution in [0.3, 0.4) is 0 Å². The lowest BCUT2D eigenvalue weighted by molar-refractivity contribution is -0.120. The Morgan fingerprint density at radius 1 is 1.12 bits per heavy atom. The molecule has 1 fully saturated rings. The molecule has 1 saturated carbocycles. The molecule has 0 saturated heterocycles. The summed E-state index contributed by atoms with van der Waals surface area (Å²) < 4.78 is 0. The lowest BCUT2D eigenvalue weighted by Crippen LogP contribution is -2.27. The first-order valence-electron chi connectivity index (χ1n) is 6.16. The molecule has 1 aromatic rings. The number of ketones is 1. The van der Waals surface area contributed by atoms with Gasteiger partial charge in [-0.15, -0.1) is 0 Å². The molecule has 1 aliphatic carbocycles. The Bertz CT molecular complexity index is 433. The maximum Gasteiger partial charge on any atom is 0.133 e. The van der Waals surface area contributed by atoms with E-state index in [0.29, 0.717) is 24.7 Å². The smallest absolute Gasteiger partial charge is 0.133 e. The number of Topliss-reactive ketones (excluding diaryl/α,β-unsaturated/α-hetero) is 1. The molecule has 0 atom stereocenters. The van der Waals surface area contributed by atoms with Gasteiger partial charge < -0.3 is 5.32 Å². The van der Waals surface area contributed by atoms with E-state index in [9.17, 15) is 4.79 Å². The lowest BCUT2D eigenvalue weighted by atomic mass is 9.94. The predicted molar refractivity (Wildman–Crippen MR) is 67.1 cm³/mol. The molecule has 0 aromatic carbocycles. The van der Waals surface area contributed by atoms with Gasteiger partial charge in [-0.1, -0.05) is 0 Å². The van der Waals surface area contributed by atoms with Crippen molar-refractivity contribution < 1.29 is 4.79 Å². The number of aromatic nitrogens is 2. The van der Waals surface area contributed by atoms with E-state index in [1.165, 1.54) is 0 Å². The number of hydrogen-bond acceptors (Lipinski definition) is 4. The molecule has 0 amide bonds. The first-order chi connectivity index (χ1) is 8.06. The fourth-order valence-electron chi connectivity index (χ4n) is 2.19. The van der Waals surface area contributed by atoms with Gasteiger partial charge in [0.1, 0.15) is 17.4 Å². The highest BCUT2D eigenvalue weighted by molar-refractivity contribution is 5.79. The highest BCUT2D eigenvalue weighted by Gasteiger charge is 2.19. The van der Waals surface area contributed by atoms with Crippen LogP contribution in [0.5, 0.6) is 0 Å². The molecule has 0 unspecified atom stereocenters. The van der Waals surface area contributed by atoms with E-state index in [-0.39, 0.29) is 0 Å². The van der Waals surface area contributed by atoms with Crippen molar-refractivity contribution in [3.63, 3.8) is 0 Å². The molecule has 4 heteroatoms. The summed E-state index contributed by atoms with van der Waals surface area (Å²) in [6, 6.07) is 0.375. The summed E-state index contributed by atoms with van der Waals surface area (Å²) in [4.78, 5) is 20.0. The number of hydrogen-bond donors (Lipinski definition) is 1. The van der Waals surface area contributed by atoms with Gasteiger partial charge in [-0.2, -0.15) is 0 Å². The van der Waals surface area contributed by atoms with Gasteiger partial charge >= 0.3 is 0 Å². The van der Waals surface area contributed by atoms with Crippen LogP contribution in [0.4, 0.5) is 5.82 Å². The van der Waals surface area contributed by atoms with Crippen LogP contribution in [0.1, 0.15) is 42.8 Å². The Kier molecular flexibility index (Phi) is 3.41. The summed E-state index contributed by atoms with van der Waals surface area (Å²) >= 11 is 0. The predicted octanol–water partition coefficient (Wildman–Crippen LogP) is 2.33. The van der Waals surface area contributed by atoms with Crippen LogP contribution in [0.2, 0.25) is 0 Å². The second-order valence-corrected chi connectivity index (χ2v) is 4.79. The summed E-state index contributed by atoms with van der Waals surface area (Å²) in [7, 11) is 0. The van der Waals surface area contributed by atoms with E-state index in [1.54, 1.807) is 0 Å². The molecule has 0 aliphatic heterocycles. The minimum Gasteiger partial charge on any atom is -0.367 e. The minimum atomic E-state index is 0.375. The molecule has 92 valence electrons. The maximum atomic E-state index is 11.2. The molecule has 0 bridgehead atoms. The quantitative estimate of drug-likeness (QED) is 0.851. The standard InChI is InChI=1S/C13H19N3O/c1-8-9(2)14-10(3)15-13(8)16-11-4-6-12(17)7-5-11/h11H,4-7H2,1-3H3,(H,14,15,16). The largest absolute Gasteiger partial charge is 0.367 e. The summed E-state index contributed by atoms with van der Waals surface area (Å²) in [6.45, 7) is 5.94. The average molecular weight is 233 g/mol. The second-order valence-electron chi connectivity index (χ2n) is 4.79. The molecule has 1 aliphatic rings. The zero-order valence-corrected chi connectivity index (χ0v) is 10.7. The average Bonchev–Trinajstić information content (AvgIpc) is 2.28. The summed E-state index contributed by atoms with van der Waals surface area (Å²) in [5, 5.41) is 3.45. The molecule has 4 nitrogen and oxygen atoms in total. The molecule has 2 rings (SSSR count). The van der Waals surface area contributed by atoms with E-state index in [4.69, 9.17) is 0 Å². The third-order valence-electron chi connectivity index (χ3n) is 3.39. The lowest BCUT2D eigenvalue weighted by Gasteiger charge is -2.23. The fraction of sp³-hybridized carbons (Fsp3) is 0.615. The SMILES string of the molecule is Cc1nc(C)c(C)c(NC2CCC(=O)CC2)n1. The van der Waals surface area contributed by atoms with Crippen LogP contribution in [-0.4, -0.2) is 21.8 Å². The normalized spacial score (nSPS) is 17.2. The number of aryl methyl sites for hydroxylation is 2. The maximum absolute atomic E-state index is 11.2. The van der Waals surface area contributed by atoms with Crippen LogP contribution in [0.25, 0.3) is 0 Å². The van der Waals surface area contributed by atoms with Crippen LogP contribution in [-0.2, 0) is 4.79 Å². The molecule has 0 spiro atoms. The number of carbonyl (C=O) groups is 1. The number of carbonyl (C=O) groups excluding carboxylic acids is 1. The monoisotopic (exact) mass is 233 g/mol. The van der Waals surface area contributed by atoms with Crippen molar-refractivity contribution >= 4 is 11.6 Å². The van der Waals surface area contributed by atoms with Crippen LogP contribution in [0.15, 0.2) is 0 Å². The molecular weight excluding hydrogens is 214 g/mol. The summed E-state index contributed by atoms with van der Waals surface area (Å²) in [6.07, 6.45) is 3.22. The third-order valence-corrected chi connectivity index (χ3v) is 3.39. The van der Waals surface area contributed by atoms with Gasteiger partial charge in [0.05, 0.1) is 0 Å². The first kappa shape index (κ1) is 12.0. The Hall–Kier alpha value is -1.45. The second kappa shape index (κ2) is 4.82. The number of anilines is 1. The van der Waals surface area contributed by atoms with Gasteiger partial charge in [-0.3, -0.25) is 4.79 Å². The van der Waals surface area contributed by atoms with E-state index < -0.39 is 0 Å². The van der Waals surface area contributed by atoms with E-state index >= 15 is 0 Å². The van der Waals surface area contributed by atoms with Crippen LogP contribution >= 0.6 is 0 Å². The zero-order chi connectivity index (χ0) is 12.4.